The second-order valence-electron chi connectivity index (χ2n) is 4.31. The van der Waals surface area contributed by atoms with Crippen LogP contribution < -0.4 is 4.74 Å². The van der Waals surface area contributed by atoms with Gasteiger partial charge < -0.3 is 9.84 Å². The van der Waals surface area contributed by atoms with E-state index in [0.717, 1.165) is 24.8 Å². The molecule has 2 nitrogen and oxygen atoms in total. The van der Waals surface area contributed by atoms with E-state index in [4.69, 9.17) is 4.74 Å². The number of para-hydroxylation sites is 1. The molecule has 2 aromatic rings. The first-order valence-electron chi connectivity index (χ1n) is 6.20. The molecular weight excluding hydrogens is 224 g/mol. The fourth-order valence-electron chi connectivity index (χ4n) is 2.06. The lowest BCUT2D eigenvalue weighted by Crippen LogP contribution is -1.92. The lowest BCUT2D eigenvalue weighted by atomic mass is 10.0. The summed E-state index contributed by atoms with van der Waals surface area (Å²) in [5.74, 6) is 0.820. The largest absolute Gasteiger partial charge is 0.504 e. The molecule has 0 bridgehead atoms. The van der Waals surface area contributed by atoms with Crippen molar-refractivity contribution in [2.24, 2.45) is 0 Å². The third-order valence-electron chi connectivity index (χ3n) is 3.06. The molecule has 2 rings (SSSR count). The van der Waals surface area contributed by atoms with Crippen molar-refractivity contribution >= 4 is 0 Å². The van der Waals surface area contributed by atoms with Crippen molar-refractivity contribution in [3.63, 3.8) is 0 Å². The summed E-state index contributed by atoms with van der Waals surface area (Å²) in [4.78, 5) is 0. The molecule has 0 saturated heterocycles. The molecule has 0 unspecified atom stereocenters. The van der Waals surface area contributed by atoms with Gasteiger partial charge >= 0.3 is 0 Å². The zero-order valence-electron chi connectivity index (χ0n) is 10.6. The minimum absolute atomic E-state index is 0.271. The first kappa shape index (κ1) is 12.5. The van der Waals surface area contributed by atoms with Gasteiger partial charge in [0, 0.05) is 0 Å². The van der Waals surface area contributed by atoms with Gasteiger partial charge in [-0.15, -0.1) is 0 Å². The Balaban J connectivity index is 1.95. The normalized spacial score (nSPS) is 10.3. The molecule has 0 heterocycles. The molecule has 0 fully saturated rings. The zero-order chi connectivity index (χ0) is 12.8. The number of ether oxygens (including phenoxy) is 1. The molecule has 0 atom stereocenters. The van der Waals surface area contributed by atoms with E-state index in [1.165, 1.54) is 5.56 Å². The fourth-order valence-corrected chi connectivity index (χ4v) is 2.06. The minimum atomic E-state index is 0.271. The third kappa shape index (κ3) is 3.04. The second-order valence-corrected chi connectivity index (χ2v) is 4.31. The van der Waals surface area contributed by atoms with Crippen molar-refractivity contribution in [2.45, 2.75) is 19.3 Å². The summed E-state index contributed by atoms with van der Waals surface area (Å²) in [5.41, 5.74) is 2.28. The number of phenolic OH excluding ortho intramolecular Hbond substituents is 1. The van der Waals surface area contributed by atoms with Gasteiger partial charge in [0.2, 0.25) is 0 Å². The third-order valence-corrected chi connectivity index (χ3v) is 3.06. The number of phenols is 1. The van der Waals surface area contributed by atoms with Crippen molar-refractivity contribution in [1.82, 2.24) is 0 Å². The molecule has 0 aromatic heterocycles. The van der Waals surface area contributed by atoms with Crippen LogP contribution in [0.15, 0.2) is 48.5 Å². The number of hydrogen-bond donors (Lipinski definition) is 1. The molecule has 0 saturated carbocycles. The van der Waals surface area contributed by atoms with E-state index >= 15 is 0 Å². The van der Waals surface area contributed by atoms with E-state index in [0.29, 0.717) is 5.75 Å². The zero-order valence-corrected chi connectivity index (χ0v) is 10.6. The van der Waals surface area contributed by atoms with E-state index < -0.39 is 0 Å². The molecule has 0 aliphatic rings. The second kappa shape index (κ2) is 6.10. The highest BCUT2D eigenvalue weighted by Crippen LogP contribution is 2.30. The predicted octanol–water partition coefficient (Wildman–Crippen LogP) is 3.58. The van der Waals surface area contributed by atoms with Crippen LogP contribution in [-0.4, -0.2) is 12.2 Å². The molecule has 0 aliphatic heterocycles. The molecule has 2 heteroatoms. The highest BCUT2D eigenvalue weighted by molar-refractivity contribution is 5.45. The summed E-state index contributed by atoms with van der Waals surface area (Å²) in [7, 11) is 1.57. The Hall–Kier alpha value is -1.96. The highest BCUT2D eigenvalue weighted by Gasteiger charge is 2.06. The smallest absolute Gasteiger partial charge is 0.160 e. The lowest BCUT2D eigenvalue weighted by Gasteiger charge is -2.08. The van der Waals surface area contributed by atoms with Gasteiger partial charge in [-0.1, -0.05) is 42.5 Å². The van der Waals surface area contributed by atoms with Crippen molar-refractivity contribution in [1.29, 1.82) is 0 Å². The van der Waals surface area contributed by atoms with Crippen LogP contribution in [-0.2, 0) is 12.8 Å². The maximum absolute atomic E-state index is 9.96. The summed E-state index contributed by atoms with van der Waals surface area (Å²) in [6, 6.07) is 16.0. The Kier molecular flexibility index (Phi) is 4.24. The number of rotatable bonds is 5. The topological polar surface area (TPSA) is 29.5 Å². The van der Waals surface area contributed by atoms with E-state index in [1.54, 1.807) is 13.2 Å². The van der Waals surface area contributed by atoms with Crippen molar-refractivity contribution in [3.8, 4) is 11.5 Å². The lowest BCUT2D eigenvalue weighted by molar-refractivity contribution is 0.370. The summed E-state index contributed by atoms with van der Waals surface area (Å²) in [5, 5.41) is 9.96. The van der Waals surface area contributed by atoms with Crippen LogP contribution in [0, 0.1) is 0 Å². The van der Waals surface area contributed by atoms with E-state index in [1.807, 2.05) is 18.2 Å². The van der Waals surface area contributed by atoms with E-state index in [9.17, 15) is 5.11 Å². The Labute approximate surface area is 108 Å². The maximum atomic E-state index is 9.96. The fraction of sp³-hybridized carbons (Fsp3) is 0.250. The molecule has 18 heavy (non-hydrogen) atoms. The summed E-state index contributed by atoms with van der Waals surface area (Å²) in [6.07, 6.45) is 2.90. The molecule has 0 amide bonds. The maximum Gasteiger partial charge on any atom is 0.160 e. The quantitative estimate of drug-likeness (QED) is 0.868. The average molecular weight is 242 g/mol. The molecule has 0 spiro atoms. The Morgan fingerprint density at radius 1 is 0.944 bits per heavy atom. The van der Waals surface area contributed by atoms with Gasteiger partial charge in [0.15, 0.2) is 11.5 Å². The molecular formula is C16H18O2. The van der Waals surface area contributed by atoms with Gasteiger partial charge in [0.25, 0.3) is 0 Å². The average Bonchev–Trinajstić information content (AvgIpc) is 2.42. The Morgan fingerprint density at radius 2 is 1.72 bits per heavy atom. The molecule has 2 aromatic carbocycles. The first-order valence-corrected chi connectivity index (χ1v) is 6.20. The molecule has 0 radical (unpaired) electrons. The standard InChI is InChI=1S/C16H18O2/c1-18-15-12-6-11-14(16(15)17)10-5-9-13-7-3-2-4-8-13/h2-4,6-8,11-12,17H,5,9-10H2,1H3. The number of methoxy groups -OCH3 is 1. The van der Waals surface area contributed by atoms with Gasteiger partial charge in [-0.3, -0.25) is 0 Å². The highest BCUT2D eigenvalue weighted by atomic mass is 16.5. The van der Waals surface area contributed by atoms with Crippen LogP contribution >= 0.6 is 0 Å². The van der Waals surface area contributed by atoms with Crippen LogP contribution in [0.2, 0.25) is 0 Å². The predicted molar refractivity (Wildman–Crippen MR) is 73.1 cm³/mol. The minimum Gasteiger partial charge on any atom is -0.504 e. The van der Waals surface area contributed by atoms with Gasteiger partial charge in [0.1, 0.15) is 0 Å². The molecule has 94 valence electrons. The number of aryl methyl sites for hydroxylation is 2. The summed E-state index contributed by atoms with van der Waals surface area (Å²) in [6.45, 7) is 0. The van der Waals surface area contributed by atoms with Crippen molar-refractivity contribution in [2.75, 3.05) is 7.11 Å². The van der Waals surface area contributed by atoms with Crippen LogP contribution in [0.1, 0.15) is 17.5 Å². The Bertz CT molecular complexity index is 492. The SMILES string of the molecule is COc1cccc(CCCc2ccccc2)c1O. The first-order chi connectivity index (χ1) is 8.81. The van der Waals surface area contributed by atoms with Gasteiger partial charge in [-0.25, -0.2) is 0 Å². The van der Waals surface area contributed by atoms with Crippen LogP contribution in [0.5, 0.6) is 11.5 Å². The van der Waals surface area contributed by atoms with Crippen LogP contribution in [0.3, 0.4) is 0 Å². The van der Waals surface area contributed by atoms with Crippen LogP contribution in [0.4, 0.5) is 0 Å². The number of hydrogen-bond acceptors (Lipinski definition) is 2. The monoisotopic (exact) mass is 242 g/mol. The molecule has 0 aliphatic carbocycles. The Morgan fingerprint density at radius 3 is 2.44 bits per heavy atom. The summed E-state index contributed by atoms with van der Waals surface area (Å²) < 4.78 is 5.10. The van der Waals surface area contributed by atoms with Crippen molar-refractivity contribution in [3.05, 3.63) is 59.7 Å². The van der Waals surface area contributed by atoms with Crippen LogP contribution in [0.25, 0.3) is 0 Å². The number of aromatic hydroxyl groups is 1. The van der Waals surface area contributed by atoms with Gasteiger partial charge in [-0.05, 0) is 36.5 Å². The van der Waals surface area contributed by atoms with Gasteiger partial charge in [-0.2, -0.15) is 0 Å². The van der Waals surface area contributed by atoms with Gasteiger partial charge in [0.05, 0.1) is 7.11 Å². The van der Waals surface area contributed by atoms with E-state index in [-0.39, 0.29) is 5.75 Å². The molecule has 1 N–H and O–H groups in total. The van der Waals surface area contributed by atoms with E-state index in [2.05, 4.69) is 24.3 Å². The number of benzene rings is 2. The summed E-state index contributed by atoms with van der Waals surface area (Å²) >= 11 is 0. The van der Waals surface area contributed by atoms with Crippen molar-refractivity contribution < 1.29 is 9.84 Å².